The number of carbonyl (C=O) groups is 3. The molecule has 0 unspecified atom stereocenters. The summed E-state index contributed by atoms with van der Waals surface area (Å²) in [5.74, 6) is -1.89. The lowest BCUT2D eigenvalue weighted by molar-refractivity contribution is -0.181. The van der Waals surface area contributed by atoms with Gasteiger partial charge in [-0.15, -0.1) is 11.6 Å². The van der Waals surface area contributed by atoms with Gasteiger partial charge < -0.3 is 14.9 Å². The van der Waals surface area contributed by atoms with Gasteiger partial charge in [0.05, 0.1) is 15.8 Å². The van der Waals surface area contributed by atoms with Gasteiger partial charge in [-0.25, -0.2) is 0 Å². The zero-order chi connectivity index (χ0) is 23.9. The van der Waals surface area contributed by atoms with Crippen molar-refractivity contribution in [1.29, 1.82) is 0 Å². The van der Waals surface area contributed by atoms with E-state index in [-0.39, 0.29) is 30.0 Å². The topological polar surface area (TPSA) is 101 Å². The van der Waals surface area contributed by atoms with Crippen LogP contribution in [-0.4, -0.2) is 55.8 Å². The van der Waals surface area contributed by atoms with Gasteiger partial charge in [0, 0.05) is 17.8 Å². The van der Waals surface area contributed by atoms with Gasteiger partial charge >= 0.3 is 5.97 Å². The molecule has 0 aromatic heterocycles. The smallest absolute Gasteiger partial charge is 0.303 e. The van der Waals surface area contributed by atoms with Crippen LogP contribution in [0.3, 0.4) is 0 Å². The molecule has 0 bridgehead atoms. The predicted molar refractivity (Wildman–Crippen MR) is 122 cm³/mol. The summed E-state index contributed by atoms with van der Waals surface area (Å²) in [5.41, 5.74) is -2.56. The van der Waals surface area contributed by atoms with Crippen LogP contribution in [0.4, 0.5) is 0 Å². The highest BCUT2D eigenvalue weighted by Gasteiger charge is 2.75. The minimum Gasteiger partial charge on any atom is -0.458 e. The molecule has 0 aromatic carbocycles. The number of fused-ring (bicyclic) bond motifs is 5. The van der Waals surface area contributed by atoms with Crippen molar-refractivity contribution in [3.63, 3.8) is 0 Å². The van der Waals surface area contributed by atoms with Crippen molar-refractivity contribution in [2.45, 2.75) is 68.4 Å². The predicted octanol–water partition coefficient (Wildman–Crippen LogP) is 3.11. The van der Waals surface area contributed by atoms with Crippen molar-refractivity contribution in [2.75, 3.05) is 6.61 Å². The average molecular weight is 530 g/mol. The summed E-state index contributed by atoms with van der Waals surface area (Å²) in [7, 11) is 0. The molecule has 3 fully saturated rings. The third kappa shape index (κ3) is 2.87. The van der Waals surface area contributed by atoms with E-state index in [0.717, 1.165) is 5.57 Å². The van der Waals surface area contributed by atoms with E-state index in [1.807, 2.05) is 26.8 Å². The van der Waals surface area contributed by atoms with E-state index in [0.29, 0.717) is 12.8 Å². The molecule has 4 aliphatic rings. The van der Waals surface area contributed by atoms with E-state index < -0.39 is 50.6 Å². The zero-order valence-electron chi connectivity index (χ0n) is 18.7. The van der Waals surface area contributed by atoms with E-state index >= 15 is 0 Å². The summed E-state index contributed by atoms with van der Waals surface area (Å²) < 4.78 is 4.13. The summed E-state index contributed by atoms with van der Waals surface area (Å²) in [5, 5.41) is 23.0. The monoisotopic (exact) mass is 528 g/mol. The summed E-state index contributed by atoms with van der Waals surface area (Å²) in [6.45, 7) is 6.41. The molecular formula is C24H30BrClO6. The van der Waals surface area contributed by atoms with E-state index in [4.69, 9.17) is 16.3 Å². The van der Waals surface area contributed by atoms with Gasteiger partial charge in [0.1, 0.15) is 5.60 Å². The van der Waals surface area contributed by atoms with Gasteiger partial charge in [0.25, 0.3) is 0 Å². The van der Waals surface area contributed by atoms with Gasteiger partial charge in [-0.05, 0) is 54.7 Å². The lowest BCUT2D eigenvalue weighted by atomic mass is 9.46. The Hall–Kier alpha value is -1.02. The highest BCUT2D eigenvalue weighted by molar-refractivity contribution is 9.10. The number of Topliss-reactive ketones (excluding diaryl/α,β-unsaturated/α-hetero) is 1. The third-order valence-corrected chi connectivity index (χ3v) is 11.4. The van der Waals surface area contributed by atoms with Gasteiger partial charge in [0.2, 0.25) is 5.78 Å². The molecule has 0 radical (unpaired) electrons. The van der Waals surface area contributed by atoms with Crippen LogP contribution in [-0.2, 0) is 19.1 Å². The van der Waals surface area contributed by atoms with Crippen molar-refractivity contribution >= 4 is 45.1 Å². The summed E-state index contributed by atoms with van der Waals surface area (Å²) in [6, 6.07) is 0. The second kappa shape index (κ2) is 7.49. The summed E-state index contributed by atoms with van der Waals surface area (Å²) in [6.07, 6.45) is 5.29. The first-order valence-corrected chi connectivity index (χ1v) is 12.3. The number of esters is 1. The molecule has 0 saturated heterocycles. The number of allylic oxidation sites excluding steroid dienone is 4. The van der Waals surface area contributed by atoms with Crippen molar-refractivity contribution in [3.8, 4) is 0 Å². The molecule has 2 N–H and O–H groups in total. The number of ketones is 2. The standard InChI is InChI=1S/C24H30BrClO6/c1-12-7-15-16-9-18(26)17-8-14(28)5-6-21(17,3)23(16,25)19(29)10-22(15,4)24(12,31)20(30)11-32-13(2)27/h5-6,8,12,15-16,18-19,29,31H,7,9-11H2,1-4H3/t12-,15+,16+,18+,19+,21+,22+,23+,24+/m1/s1. The molecule has 4 rings (SSSR count). The van der Waals surface area contributed by atoms with Crippen LogP contribution >= 0.6 is 27.5 Å². The van der Waals surface area contributed by atoms with Crippen LogP contribution in [0.2, 0.25) is 0 Å². The van der Waals surface area contributed by atoms with Crippen LogP contribution in [0, 0.1) is 28.6 Å². The zero-order valence-corrected chi connectivity index (χ0v) is 21.1. The van der Waals surface area contributed by atoms with Crippen LogP contribution in [0.25, 0.3) is 0 Å². The largest absolute Gasteiger partial charge is 0.458 e. The SMILES string of the molecule is CC(=O)OCC(=O)[C@@]1(O)[C@H](C)C[C@H]2[C@@H]3C[C@H](Cl)C4=CC(=O)C=C[C@]4(C)[C@@]3(Br)[C@@H](O)C[C@@]21C. The molecule has 0 heterocycles. The van der Waals surface area contributed by atoms with Crippen LogP contribution in [0.15, 0.2) is 23.8 Å². The molecular weight excluding hydrogens is 500 g/mol. The lowest BCUT2D eigenvalue weighted by Crippen LogP contribution is -2.69. The fourth-order valence-corrected chi connectivity index (χ4v) is 8.92. The number of rotatable bonds is 3. The number of hydrogen-bond acceptors (Lipinski definition) is 6. The number of aliphatic hydroxyl groups excluding tert-OH is 1. The number of hydrogen-bond donors (Lipinski definition) is 2. The van der Waals surface area contributed by atoms with Gasteiger partial charge in [-0.1, -0.05) is 42.8 Å². The first kappa shape index (κ1) is 24.1. The maximum Gasteiger partial charge on any atom is 0.303 e. The van der Waals surface area contributed by atoms with E-state index in [9.17, 15) is 24.6 Å². The van der Waals surface area contributed by atoms with Crippen LogP contribution in [0.5, 0.6) is 0 Å². The maximum absolute atomic E-state index is 13.2. The molecule has 4 aliphatic carbocycles. The van der Waals surface area contributed by atoms with E-state index in [1.165, 1.54) is 13.0 Å². The molecule has 3 saturated carbocycles. The van der Waals surface area contributed by atoms with Crippen LogP contribution < -0.4 is 0 Å². The molecule has 0 amide bonds. The molecule has 32 heavy (non-hydrogen) atoms. The summed E-state index contributed by atoms with van der Waals surface area (Å²) >= 11 is 10.8. The van der Waals surface area contributed by atoms with E-state index in [2.05, 4.69) is 15.9 Å². The molecule has 0 aliphatic heterocycles. The minimum atomic E-state index is -1.74. The Kier molecular flexibility index (Phi) is 5.64. The Labute approximate surface area is 201 Å². The minimum absolute atomic E-state index is 0.114. The van der Waals surface area contributed by atoms with Crippen molar-refractivity contribution in [1.82, 2.24) is 0 Å². The molecule has 6 nitrogen and oxygen atoms in total. The third-order valence-electron chi connectivity index (χ3n) is 9.04. The number of carbonyl (C=O) groups excluding carboxylic acids is 3. The summed E-state index contributed by atoms with van der Waals surface area (Å²) in [4.78, 5) is 36.5. The van der Waals surface area contributed by atoms with Gasteiger partial charge in [-0.3, -0.25) is 14.4 Å². The van der Waals surface area contributed by atoms with Gasteiger partial charge in [-0.2, -0.15) is 0 Å². The Balaban J connectivity index is 1.79. The Morgan fingerprint density at radius 1 is 1.28 bits per heavy atom. The molecule has 176 valence electrons. The van der Waals surface area contributed by atoms with Crippen LogP contribution in [0.1, 0.15) is 47.0 Å². The number of alkyl halides is 2. The van der Waals surface area contributed by atoms with Crippen molar-refractivity contribution in [3.05, 3.63) is 23.8 Å². The first-order chi connectivity index (χ1) is 14.7. The van der Waals surface area contributed by atoms with E-state index in [1.54, 1.807) is 6.08 Å². The molecule has 0 aromatic rings. The Morgan fingerprint density at radius 3 is 2.56 bits per heavy atom. The Morgan fingerprint density at radius 2 is 1.94 bits per heavy atom. The highest BCUT2D eigenvalue weighted by atomic mass is 79.9. The fraction of sp³-hybridized carbons (Fsp3) is 0.708. The maximum atomic E-state index is 13.2. The number of ether oxygens (including phenoxy) is 1. The second-order valence-electron chi connectivity index (χ2n) is 10.5. The normalized spacial score (nSPS) is 49.6. The van der Waals surface area contributed by atoms with Crippen molar-refractivity contribution < 1.29 is 29.3 Å². The van der Waals surface area contributed by atoms with Gasteiger partial charge in [0.15, 0.2) is 12.4 Å². The number of halogens is 2. The first-order valence-electron chi connectivity index (χ1n) is 11.1. The lowest BCUT2D eigenvalue weighted by Gasteiger charge is -2.65. The number of aliphatic hydroxyl groups is 2. The molecule has 8 heteroatoms. The van der Waals surface area contributed by atoms with Crippen molar-refractivity contribution in [2.24, 2.45) is 28.6 Å². The molecule has 0 spiro atoms. The average Bonchev–Trinajstić information content (AvgIpc) is 2.91. The quantitative estimate of drug-likeness (QED) is 0.430. The molecule has 9 atom stereocenters. The second-order valence-corrected chi connectivity index (χ2v) is 12.3. The fourth-order valence-electron chi connectivity index (χ4n) is 7.41. The Bertz CT molecular complexity index is 947. The highest BCUT2D eigenvalue weighted by Crippen LogP contribution is 2.72.